The van der Waals surface area contributed by atoms with Crippen molar-refractivity contribution < 1.29 is 22.7 Å². The first-order valence-corrected chi connectivity index (χ1v) is 12.5. The first-order valence-electron chi connectivity index (χ1n) is 10.2. The molecule has 2 heterocycles. The third kappa shape index (κ3) is 6.49. The summed E-state index contributed by atoms with van der Waals surface area (Å²) >= 11 is 1.14. The molecule has 0 unspecified atom stereocenters. The molecule has 0 atom stereocenters. The molecule has 0 spiro atoms. The zero-order valence-corrected chi connectivity index (χ0v) is 19.0. The highest BCUT2D eigenvalue weighted by molar-refractivity contribution is 7.91. The number of rotatable bonds is 8. The van der Waals surface area contributed by atoms with Gasteiger partial charge in [-0.2, -0.15) is 4.31 Å². The second-order valence-electron chi connectivity index (χ2n) is 7.12. The zero-order valence-electron chi connectivity index (χ0n) is 17.4. The summed E-state index contributed by atoms with van der Waals surface area (Å²) in [6, 6.07) is 10.3. The number of amides is 1. The molecule has 2 aromatic rings. The number of nitrogens with one attached hydrogen (secondary N) is 1. The molecule has 9 heteroatoms. The highest BCUT2D eigenvalue weighted by atomic mass is 32.2. The maximum atomic E-state index is 12.7. The molecule has 1 N–H and O–H groups in total. The molecule has 3 rings (SSSR count). The number of carbonyl (C=O) groups excluding carboxylic acids is 2. The summed E-state index contributed by atoms with van der Waals surface area (Å²) in [6.07, 6.45) is 5.92. The van der Waals surface area contributed by atoms with Crippen molar-refractivity contribution in [3.63, 3.8) is 0 Å². The predicted molar refractivity (Wildman–Crippen MR) is 121 cm³/mol. The smallest absolute Gasteiger partial charge is 0.330 e. The molecule has 7 nitrogen and oxygen atoms in total. The molecule has 0 radical (unpaired) electrons. The van der Waals surface area contributed by atoms with E-state index < -0.39 is 16.0 Å². The number of anilines is 1. The Kier molecular flexibility index (Phi) is 8.00. The Morgan fingerprint density at radius 3 is 2.48 bits per heavy atom. The second kappa shape index (κ2) is 10.7. The number of carbonyl (C=O) groups is 2. The van der Waals surface area contributed by atoms with Crippen molar-refractivity contribution in [3.05, 3.63) is 52.9 Å². The summed E-state index contributed by atoms with van der Waals surface area (Å²) in [4.78, 5) is 24.4. The molecule has 1 aliphatic rings. The van der Waals surface area contributed by atoms with Gasteiger partial charge in [-0.05, 0) is 55.7 Å². The number of hydrogen-bond acceptors (Lipinski definition) is 6. The van der Waals surface area contributed by atoms with Gasteiger partial charge in [0.25, 0.3) is 10.0 Å². The van der Waals surface area contributed by atoms with Crippen LogP contribution in [0.3, 0.4) is 0 Å². The van der Waals surface area contributed by atoms with Crippen LogP contribution in [-0.2, 0) is 30.8 Å². The minimum Gasteiger partial charge on any atom is -0.463 e. The summed E-state index contributed by atoms with van der Waals surface area (Å²) in [6.45, 7) is 3.18. The van der Waals surface area contributed by atoms with Gasteiger partial charge in [-0.25, -0.2) is 13.2 Å². The van der Waals surface area contributed by atoms with Crippen LogP contribution in [0.15, 0.2) is 46.7 Å². The molecule has 0 aliphatic carbocycles. The number of ether oxygens (including phenoxy) is 1. The van der Waals surface area contributed by atoms with Gasteiger partial charge in [0.2, 0.25) is 5.91 Å². The molecule has 1 saturated heterocycles. The second-order valence-corrected chi connectivity index (χ2v) is 10.5. The van der Waals surface area contributed by atoms with E-state index in [-0.39, 0.29) is 16.5 Å². The van der Waals surface area contributed by atoms with Crippen molar-refractivity contribution in [1.82, 2.24) is 4.31 Å². The fourth-order valence-corrected chi connectivity index (χ4v) is 6.25. The first-order chi connectivity index (χ1) is 14.9. The normalized spacial score (nSPS) is 15.1. The zero-order chi connectivity index (χ0) is 22.3. The monoisotopic (exact) mass is 462 g/mol. The van der Waals surface area contributed by atoms with Crippen molar-refractivity contribution in [2.75, 3.05) is 25.0 Å². The predicted octanol–water partition coefficient (Wildman–Crippen LogP) is 3.68. The van der Waals surface area contributed by atoms with Crippen molar-refractivity contribution in [2.24, 2.45) is 0 Å². The molecule has 31 heavy (non-hydrogen) atoms. The average molecular weight is 463 g/mol. The SMILES string of the molecule is CCOC(=O)/C=C/c1ccc(NC(=O)Cc2ccc(S(=O)(=O)N3CCCCC3)s2)cc1. The molecule has 0 saturated carbocycles. The molecule has 1 aromatic heterocycles. The van der Waals surface area contributed by atoms with Crippen LogP contribution in [0, 0.1) is 0 Å². The largest absolute Gasteiger partial charge is 0.463 e. The molecule has 1 amide bonds. The standard InChI is InChI=1S/C22H26N2O5S2/c1-2-29-21(26)12-8-17-6-9-18(10-7-17)23-20(25)16-19-11-13-22(30-19)31(27,28)24-14-4-3-5-15-24/h6-13H,2-5,14-16H2,1H3,(H,23,25)/b12-8+. The molecular weight excluding hydrogens is 436 g/mol. The van der Waals surface area contributed by atoms with Crippen LogP contribution >= 0.6 is 11.3 Å². The lowest BCUT2D eigenvalue weighted by atomic mass is 10.2. The lowest BCUT2D eigenvalue weighted by Crippen LogP contribution is -2.35. The maximum Gasteiger partial charge on any atom is 0.330 e. The Labute approximate surface area is 186 Å². The van der Waals surface area contributed by atoms with Crippen LogP contribution in [0.25, 0.3) is 6.08 Å². The van der Waals surface area contributed by atoms with Crippen LogP contribution in [0.1, 0.15) is 36.6 Å². The van der Waals surface area contributed by atoms with Crippen molar-refractivity contribution >= 4 is 45.0 Å². The van der Waals surface area contributed by atoms with Crippen LogP contribution in [0.5, 0.6) is 0 Å². The molecule has 0 bridgehead atoms. The Bertz CT molecular complexity index is 1040. The lowest BCUT2D eigenvalue weighted by Gasteiger charge is -2.25. The highest BCUT2D eigenvalue weighted by Gasteiger charge is 2.27. The summed E-state index contributed by atoms with van der Waals surface area (Å²) in [5.74, 6) is -0.629. The van der Waals surface area contributed by atoms with E-state index in [4.69, 9.17) is 4.74 Å². The van der Waals surface area contributed by atoms with Crippen LogP contribution < -0.4 is 5.32 Å². The van der Waals surface area contributed by atoms with Crippen LogP contribution in [0.4, 0.5) is 5.69 Å². The van der Waals surface area contributed by atoms with Gasteiger partial charge in [-0.1, -0.05) is 18.6 Å². The fraction of sp³-hybridized carbons (Fsp3) is 0.364. The van der Waals surface area contributed by atoms with Gasteiger partial charge in [-0.3, -0.25) is 4.79 Å². The Morgan fingerprint density at radius 1 is 1.10 bits per heavy atom. The van der Waals surface area contributed by atoms with Gasteiger partial charge in [0, 0.05) is 29.7 Å². The number of piperidine rings is 1. The van der Waals surface area contributed by atoms with E-state index in [1.54, 1.807) is 49.4 Å². The number of sulfonamides is 1. The minimum atomic E-state index is -3.48. The van der Waals surface area contributed by atoms with E-state index in [1.165, 1.54) is 10.4 Å². The topological polar surface area (TPSA) is 92.8 Å². The van der Waals surface area contributed by atoms with Crippen molar-refractivity contribution in [3.8, 4) is 0 Å². The van der Waals surface area contributed by atoms with Crippen LogP contribution in [-0.4, -0.2) is 44.3 Å². The Balaban J connectivity index is 1.56. The van der Waals surface area contributed by atoms with Crippen LogP contribution in [0.2, 0.25) is 0 Å². The quantitative estimate of drug-likeness (QED) is 0.477. The number of nitrogens with zero attached hydrogens (tertiary/aromatic N) is 1. The molecule has 1 aliphatic heterocycles. The van der Waals surface area contributed by atoms with Gasteiger partial charge in [0.05, 0.1) is 13.0 Å². The van der Waals surface area contributed by atoms with E-state index in [9.17, 15) is 18.0 Å². The van der Waals surface area contributed by atoms with Gasteiger partial charge in [-0.15, -0.1) is 11.3 Å². The van der Waals surface area contributed by atoms with Gasteiger partial charge in [0.15, 0.2) is 0 Å². The third-order valence-electron chi connectivity index (χ3n) is 4.77. The lowest BCUT2D eigenvalue weighted by molar-refractivity contribution is -0.137. The van der Waals surface area contributed by atoms with Crippen molar-refractivity contribution in [2.45, 2.75) is 36.8 Å². The highest BCUT2D eigenvalue weighted by Crippen LogP contribution is 2.27. The van der Waals surface area contributed by atoms with Gasteiger partial charge >= 0.3 is 5.97 Å². The van der Waals surface area contributed by atoms with Gasteiger partial charge in [0.1, 0.15) is 4.21 Å². The number of hydrogen-bond donors (Lipinski definition) is 1. The Morgan fingerprint density at radius 2 is 1.81 bits per heavy atom. The minimum absolute atomic E-state index is 0.102. The third-order valence-corrected chi connectivity index (χ3v) is 8.23. The summed E-state index contributed by atoms with van der Waals surface area (Å²) in [7, 11) is -3.48. The number of benzene rings is 1. The molecular formula is C22H26N2O5S2. The molecule has 1 fully saturated rings. The number of thiophene rings is 1. The first kappa shape index (κ1) is 23.2. The van der Waals surface area contributed by atoms with E-state index in [0.717, 1.165) is 36.2 Å². The van der Waals surface area contributed by atoms with E-state index in [0.29, 0.717) is 30.3 Å². The van der Waals surface area contributed by atoms with E-state index >= 15 is 0 Å². The summed E-state index contributed by atoms with van der Waals surface area (Å²) in [5.41, 5.74) is 1.42. The summed E-state index contributed by atoms with van der Waals surface area (Å²) in [5, 5.41) is 2.81. The Hall–Kier alpha value is -2.49. The molecule has 166 valence electrons. The average Bonchev–Trinajstić information content (AvgIpc) is 3.23. The maximum absolute atomic E-state index is 12.7. The van der Waals surface area contributed by atoms with E-state index in [1.807, 2.05) is 0 Å². The molecule has 1 aromatic carbocycles. The summed E-state index contributed by atoms with van der Waals surface area (Å²) < 4.78 is 32.1. The van der Waals surface area contributed by atoms with Gasteiger partial charge < -0.3 is 10.1 Å². The number of esters is 1. The van der Waals surface area contributed by atoms with Crippen molar-refractivity contribution in [1.29, 1.82) is 0 Å². The van der Waals surface area contributed by atoms with E-state index in [2.05, 4.69) is 5.32 Å². The fourth-order valence-electron chi connectivity index (χ4n) is 3.22.